The monoisotopic (exact) mass is 725 g/mol. The zero-order chi connectivity index (χ0) is 38.3. The largest absolute Gasteiger partial charge is 0.309 e. The zero-order valence-electron chi connectivity index (χ0n) is 32.7. The van der Waals surface area contributed by atoms with Crippen molar-refractivity contribution in [2.45, 2.75) is 47.0 Å². The van der Waals surface area contributed by atoms with Crippen molar-refractivity contribution < 1.29 is 0 Å². The first kappa shape index (κ1) is 33.8. The average molecular weight is 726 g/mol. The van der Waals surface area contributed by atoms with Crippen LogP contribution in [0.3, 0.4) is 0 Å². The fraction of sp³-hybridized carbons (Fsp3) is 0.137. The summed E-state index contributed by atoms with van der Waals surface area (Å²) in [5.74, 6) is 0.924. The number of aromatic nitrogens is 5. The molecule has 0 radical (unpaired) electrons. The Kier molecular flexibility index (Phi) is 7.65. The van der Waals surface area contributed by atoms with Gasteiger partial charge in [0.15, 0.2) is 0 Å². The molecule has 4 heterocycles. The summed E-state index contributed by atoms with van der Waals surface area (Å²) in [5, 5.41) is 10.2. The maximum atomic E-state index is 5.37. The van der Waals surface area contributed by atoms with E-state index in [0.29, 0.717) is 0 Å². The number of fused-ring (bicyclic) bond motifs is 6. The van der Waals surface area contributed by atoms with Gasteiger partial charge in [0.25, 0.3) is 0 Å². The Morgan fingerprint density at radius 1 is 0.518 bits per heavy atom. The van der Waals surface area contributed by atoms with E-state index in [4.69, 9.17) is 10.1 Å². The van der Waals surface area contributed by atoms with Gasteiger partial charge in [-0.25, -0.2) is 9.67 Å². The van der Waals surface area contributed by atoms with Crippen molar-refractivity contribution >= 4 is 43.6 Å². The van der Waals surface area contributed by atoms with Gasteiger partial charge in [0.2, 0.25) is 0 Å². The fourth-order valence-electron chi connectivity index (χ4n) is 8.81. The second kappa shape index (κ2) is 12.7. The van der Waals surface area contributed by atoms with E-state index in [-0.39, 0.29) is 5.41 Å². The second-order valence-corrected chi connectivity index (χ2v) is 16.2. The van der Waals surface area contributed by atoms with E-state index < -0.39 is 0 Å². The number of rotatable bonds is 5. The summed E-state index contributed by atoms with van der Waals surface area (Å²) in [5.41, 5.74) is 16.1. The molecule has 5 nitrogen and oxygen atoms in total. The van der Waals surface area contributed by atoms with Crippen LogP contribution >= 0.6 is 0 Å². The van der Waals surface area contributed by atoms with E-state index in [0.717, 1.165) is 56.1 Å². The molecule has 272 valence electrons. The summed E-state index contributed by atoms with van der Waals surface area (Å²) in [4.78, 5) is 4.95. The van der Waals surface area contributed by atoms with E-state index in [1.807, 2.05) is 6.20 Å². The molecular formula is C51H43N5. The molecule has 6 aromatic carbocycles. The van der Waals surface area contributed by atoms with E-state index in [1.54, 1.807) is 0 Å². The van der Waals surface area contributed by atoms with E-state index >= 15 is 0 Å². The average Bonchev–Trinajstić information content (AvgIpc) is 3.88. The molecule has 0 fully saturated rings. The van der Waals surface area contributed by atoms with Crippen molar-refractivity contribution in [3.05, 3.63) is 174 Å². The van der Waals surface area contributed by atoms with Crippen molar-refractivity contribution in [2.24, 2.45) is 0 Å². The Balaban J connectivity index is 1.20. The van der Waals surface area contributed by atoms with Gasteiger partial charge >= 0.3 is 0 Å². The highest BCUT2D eigenvalue weighted by molar-refractivity contribution is 6.12. The lowest BCUT2D eigenvalue weighted by Gasteiger charge is -2.20. The molecule has 0 atom stereocenters. The van der Waals surface area contributed by atoms with Crippen LogP contribution < -0.4 is 0 Å². The Hall–Kier alpha value is -6.72. The van der Waals surface area contributed by atoms with Crippen LogP contribution in [0, 0.1) is 20.8 Å². The summed E-state index contributed by atoms with van der Waals surface area (Å²) in [6.45, 7) is 13.3. The number of aryl methyl sites for hydroxylation is 3. The van der Waals surface area contributed by atoms with Crippen molar-refractivity contribution in [3.8, 4) is 39.6 Å². The molecule has 10 rings (SSSR count). The first-order chi connectivity index (χ1) is 27.1. The number of hydrogen-bond acceptors (Lipinski definition) is 2. The SMILES string of the molecule is Cc1cc(C)c(-c2nn(-c3ccc4c5ccccc5n(-c5ccc6c7ccccc7n(-c7cc(C(C)(C)C)ccn7)c6c5)c4c3)cc2-c2ccccc2)c(C)c1. The van der Waals surface area contributed by atoms with Gasteiger partial charge in [-0.2, -0.15) is 5.10 Å². The molecule has 0 aliphatic carbocycles. The molecule has 56 heavy (non-hydrogen) atoms. The maximum absolute atomic E-state index is 5.37. The highest BCUT2D eigenvalue weighted by Crippen LogP contribution is 2.40. The van der Waals surface area contributed by atoms with Crippen LogP contribution in [0.25, 0.3) is 83.2 Å². The molecule has 0 saturated heterocycles. The minimum Gasteiger partial charge on any atom is -0.309 e. The molecule has 0 aliphatic rings. The highest BCUT2D eigenvalue weighted by atomic mass is 15.3. The Morgan fingerprint density at radius 2 is 1.09 bits per heavy atom. The Labute approximate surface area is 327 Å². The van der Waals surface area contributed by atoms with Crippen LogP contribution in [0.2, 0.25) is 0 Å². The van der Waals surface area contributed by atoms with Crippen LogP contribution in [-0.2, 0) is 5.41 Å². The lowest BCUT2D eigenvalue weighted by Crippen LogP contribution is -2.12. The normalized spacial score (nSPS) is 12.1. The van der Waals surface area contributed by atoms with Crippen molar-refractivity contribution in [1.29, 1.82) is 0 Å². The van der Waals surface area contributed by atoms with E-state index in [1.165, 1.54) is 49.4 Å². The lowest BCUT2D eigenvalue weighted by atomic mass is 9.88. The molecular weight excluding hydrogens is 683 g/mol. The lowest BCUT2D eigenvalue weighted by molar-refractivity contribution is 0.588. The van der Waals surface area contributed by atoms with Crippen molar-refractivity contribution in [3.63, 3.8) is 0 Å². The van der Waals surface area contributed by atoms with Gasteiger partial charge in [-0.15, -0.1) is 0 Å². The third-order valence-corrected chi connectivity index (χ3v) is 11.4. The van der Waals surface area contributed by atoms with E-state index in [9.17, 15) is 0 Å². The highest BCUT2D eigenvalue weighted by Gasteiger charge is 2.22. The number of benzene rings is 6. The Bertz CT molecular complexity index is 3130. The molecule has 0 N–H and O–H groups in total. The van der Waals surface area contributed by atoms with Crippen LogP contribution in [0.1, 0.15) is 43.0 Å². The maximum Gasteiger partial charge on any atom is 0.137 e. The second-order valence-electron chi connectivity index (χ2n) is 16.2. The first-order valence-corrected chi connectivity index (χ1v) is 19.4. The summed E-state index contributed by atoms with van der Waals surface area (Å²) >= 11 is 0. The third-order valence-electron chi connectivity index (χ3n) is 11.4. The molecule has 5 heteroatoms. The molecule has 10 aromatic rings. The summed E-state index contributed by atoms with van der Waals surface area (Å²) < 4.78 is 6.80. The topological polar surface area (TPSA) is 40.6 Å². The van der Waals surface area contributed by atoms with Gasteiger partial charge in [0.1, 0.15) is 11.5 Å². The number of hydrogen-bond donors (Lipinski definition) is 0. The number of nitrogens with zero attached hydrogens (tertiary/aromatic N) is 5. The Morgan fingerprint density at radius 3 is 1.77 bits per heavy atom. The van der Waals surface area contributed by atoms with Gasteiger partial charge in [0, 0.05) is 50.8 Å². The summed E-state index contributed by atoms with van der Waals surface area (Å²) in [6, 6.07) is 50.5. The van der Waals surface area contributed by atoms with E-state index in [2.05, 4.69) is 201 Å². The molecule has 0 bridgehead atoms. The predicted molar refractivity (Wildman–Crippen MR) is 234 cm³/mol. The molecule has 0 spiro atoms. The third kappa shape index (κ3) is 5.37. The van der Waals surface area contributed by atoms with Gasteiger partial charge < -0.3 is 4.57 Å². The zero-order valence-corrected chi connectivity index (χ0v) is 32.7. The van der Waals surface area contributed by atoms with Gasteiger partial charge in [-0.1, -0.05) is 117 Å². The van der Waals surface area contributed by atoms with Crippen molar-refractivity contribution in [1.82, 2.24) is 23.9 Å². The molecule has 0 saturated carbocycles. The first-order valence-electron chi connectivity index (χ1n) is 19.4. The molecule has 0 unspecified atom stereocenters. The quantitative estimate of drug-likeness (QED) is 0.177. The van der Waals surface area contributed by atoms with Crippen LogP contribution in [0.15, 0.2) is 152 Å². The van der Waals surface area contributed by atoms with Crippen LogP contribution in [0.5, 0.6) is 0 Å². The number of para-hydroxylation sites is 2. The number of pyridine rings is 1. The molecule has 4 aromatic heterocycles. The van der Waals surface area contributed by atoms with Crippen molar-refractivity contribution in [2.75, 3.05) is 0 Å². The van der Waals surface area contributed by atoms with Gasteiger partial charge in [-0.3, -0.25) is 4.57 Å². The van der Waals surface area contributed by atoms with Gasteiger partial charge in [-0.05, 0) is 97.0 Å². The van der Waals surface area contributed by atoms with Crippen LogP contribution in [0.4, 0.5) is 0 Å². The smallest absolute Gasteiger partial charge is 0.137 e. The summed E-state index contributed by atoms with van der Waals surface area (Å²) in [6.07, 6.45) is 4.14. The predicted octanol–water partition coefficient (Wildman–Crippen LogP) is 13.0. The fourth-order valence-corrected chi connectivity index (χ4v) is 8.81. The molecule has 0 aliphatic heterocycles. The molecule has 0 amide bonds. The summed E-state index contributed by atoms with van der Waals surface area (Å²) in [7, 11) is 0. The minimum atomic E-state index is -0.00269. The standard InChI is InChI=1S/C51H43N5/c1-32-26-33(2)49(34(3)27-32)50-43(35-14-8-7-9-15-35)31-54(53-50)37-20-22-41-39-16-10-12-18-44(39)55(46(41)29-37)38-21-23-42-40-17-11-13-19-45(40)56(47(42)30-38)48-28-36(24-25-52-48)51(4,5)6/h7-31H,1-6H3. The van der Waals surface area contributed by atoms with Crippen LogP contribution in [-0.4, -0.2) is 23.9 Å². The van der Waals surface area contributed by atoms with Gasteiger partial charge in [0.05, 0.1) is 27.8 Å². The minimum absolute atomic E-state index is 0.00269.